The first-order valence-electron chi connectivity index (χ1n) is 6.37. The minimum absolute atomic E-state index is 0.384. The molecule has 0 amide bonds. The number of thioether (sulfide) groups is 1. The molecule has 1 aromatic rings. The van der Waals surface area contributed by atoms with Gasteiger partial charge in [-0.15, -0.1) is 0 Å². The Kier molecular flexibility index (Phi) is 5.20. The quantitative estimate of drug-likeness (QED) is 0.831. The highest BCUT2D eigenvalue weighted by Crippen LogP contribution is 2.29. The second-order valence-corrected chi connectivity index (χ2v) is 6.44. The average Bonchev–Trinajstić information content (AvgIpc) is 2.54. The molecule has 3 heteroatoms. The predicted octanol–water partition coefficient (Wildman–Crippen LogP) is 4.23. The lowest BCUT2D eigenvalue weighted by molar-refractivity contribution is 0.596. The van der Waals surface area contributed by atoms with Crippen LogP contribution in [0.3, 0.4) is 0 Å². The summed E-state index contributed by atoms with van der Waals surface area (Å²) in [6.07, 6.45) is 6.47. The van der Waals surface area contributed by atoms with E-state index in [0.717, 1.165) is 10.8 Å². The molecule has 2 unspecified atom stereocenters. The van der Waals surface area contributed by atoms with Crippen LogP contribution in [0.1, 0.15) is 37.7 Å². The molecule has 0 radical (unpaired) electrons. The molecule has 0 aromatic heterocycles. The van der Waals surface area contributed by atoms with Gasteiger partial charge in [0.25, 0.3) is 0 Å². The van der Waals surface area contributed by atoms with E-state index in [-0.39, 0.29) is 0 Å². The molecule has 1 aliphatic rings. The van der Waals surface area contributed by atoms with Gasteiger partial charge in [0.05, 0.1) is 0 Å². The van der Waals surface area contributed by atoms with E-state index in [9.17, 15) is 0 Å². The lowest BCUT2D eigenvalue weighted by Crippen LogP contribution is -2.31. The summed E-state index contributed by atoms with van der Waals surface area (Å²) < 4.78 is 0. The van der Waals surface area contributed by atoms with Gasteiger partial charge in [0, 0.05) is 22.1 Å². The van der Waals surface area contributed by atoms with Gasteiger partial charge in [-0.2, -0.15) is 11.8 Å². The van der Waals surface area contributed by atoms with E-state index in [4.69, 9.17) is 17.3 Å². The van der Waals surface area contributed by atoms with Gasteiger partial charge < -0.3 is 5.73 Å². The van der Waals surface area contributed by atoms with Gasteiger partial charge in [-0.25, -0.2) is 0 Å². The highest BCUT2D eigenvalue weighted by Gasteiger charge is 2.20. The molecule has 1 fully saturated rings. The van der Waals surface area contributed by atoms with Crippen LogP contribution in [0, 0.1) is 0 Å². The van der Waals surface area contributed by atoms with Crippen molar-refractivity contribution in [3.8, 4) is 0 Å². The highest BCUT2D eigenvalue weighted by molar-refractivity contribution is 7.99. The maximum Gasteiger partial charge on any atom is 0.0406 e. The Morgan fingerprint density at radius 3 is 2.59 bits per heavy atom. The number of benzene rings is 1. The summed E-state index contributed by atoms with van der Waals surface area (Å²) in [7, 11) is 0. The van der Waals surface area contributed by atoms with Crippen LogP contribution in [0.5, 0.6) is 0 Å². The van der Waals surface area contributed by atoms with Gasteiger partial charge in [-0.05, 0) is 30.5 Å². The van der Waals surface area contributed by atoms with Crippen LogP contribution < -0.4 is 5.73 Å². The fraction of sp³-hybridized carbons (Fsp3) is 0.571. The van der Waals surface area contributed by atoms with Crippen LogP contribution in [0.4, 0.5) is 0 Å². The molecule has 2 rings (SSSR count). The molecule has 0 heterocycles. The zero-order chi connectivity index (χ0) is 12.1. The minimum atomic E-state index is 0.384. The first-order valence-corrected chi connectivity index (χ1v) is 7.80. The van der Waals surface area contributed by atoms with Crippen LogP contribution in [0.2, 0.25) is 5.02 Å². The third-order valence-electron chi connectivity index (χ3n) is 3.38. The second kappa shape index (κ2) is 6.67. The Bertz CT molecular complexity index is 339. The van der Waals surface area contributed by atoms with Crippen molar-refractivity contribution in [1.29, 1.82) is 0 Å². The summed E-state index contributed by atoms with van der Waals surface area (Å²) in [6, 6.07) is 8.53. The van der Waals surface area contributed by atoms with E-state index < -0.39 is 0 Å². The van der Waals surface area contributed by atoms with Crippen molar-refractivity contribution in [1.82, 2.24) is 0 Å². The number of hydrogen-bond donors (Lipinski definition) is 1. The van der Waals surface area contributed by atoms with E-state index in [1.54, 1.807) is 0 Å². The van der Waals surface area contributed by atoms with Crippen molar-refractivity contribution < 1.29 is 0 Å². The summed E-state index contributed by atoms with van der Waals surface area (Å²) in [6.45, 7) is 0. The lowest BCUT2D eigenvalue weighted by Gasteiger charge is -2.20. The first-order chi connectivity index (χ1) is 8.25. The molecule has 94 valence electrons. The van der Waals surface area contributed by atoms with E-state index in [0.29, 0.717) is 11.3 Å². The maximum absolute atomic E-state index is 6.23. The maximum atomic E-state index is 6.23. The smallest absolute Gasteiger partial charge is 0.0406 e. The fourth-order valence-electron chi connectivity index (χ4n) is 2.29. The Labute approximate surface area is 113 Å². The molecular formula is C14H20ClNS. The van der Waals surface area contributed by atoms with Crippen LogP contribution in [0.15, 0.2) is 24.3 Å². The van der Waals surface area contributed by atoms with Crippen LogP contribution >= 0.6 is 23.4 Å². The molecule has 1 aliphatic carbocycles. The van der Waals surface area contributed by atoms with Crippen molar-refractivity contribution in [2.45, 2.75) is 49.1 Å². The van der Waals surface area contributed by atoms with Crippen molar-refractivity contribution in [3.63, 3.8) is 0 Å². The van der Waals surface area contributed by atoms with Crippen molar-refractivity contribution >= 4 is 23.4 Å². The van der Waals surface area contributed by atoms with Crippen LogP contribution in [0.25, 0.3) is 0 Å². The summed E-state index contributed by atoms with van der Waals surface area (Å²) in [5.74, 6) is 1.05. The molecule has 2 N–H and O–H groups in total. The third kappa shape index (κ3) is 4.20. The number of halogens is 1. The number of hydrogen-bond acceptors (Lipinski definition) is 2. The SMILES string of the molecule is NC1CCCCCC1SCc1ccc(Cl)cc1. The summed E-state index contributed by atoms with van der Waals surface area (Å²) in [4.78, 5) is 0. The molecule has 0 spiro atoms. The molecule has 0 aliphatic heterocycles. The lowest BCUT2D eigenvalue weighted by atomic mass is 10.1. The normalized spacial score (nSPS) is 25.5. The fourth-order valence-corrected chi connectivity index (χ4v) is 3.73. The Morgan fingerprint density at radius 1 is 1.12 bits per heavy atom. The van der Waals surface area contributed by atoms with Gasteiger partial charge in [0.2, 0.25) is 0 Å². The third-order valence-corrected chi connectivity index (χ3v) is 5.15. The molecule has 17 heavy (non-hydrogen) atoms. The Morgan fingerprint density at radius 2 is 1.82 bits per heavy atom. The van der Waals surface area contributed by atoms with Gasteiger partial charge in [0.1, 0.15) is 0 Å². The van der Waals surface area contributed by atoms with Crippen LogP contribution in [-0.4, -0.2) is 11.3 Å². The van der Waals surface area contributed by atoms with E-state index in [1.807, 2.05) is 23.9 Å². The highest BCUT2D eigenvalue weighted by atomic mass is 35.5. The first kappa shape index (κ1) is 13.3. The Balaban J connectivity index is 1.85. The molecule has 1 nitrogen and oxygen atoms in total. The standard InChI is InChI=1S/C14H20ClNS/c15-12-8-6-11(7-9-12)10-17-14-5-3-1-2-4-13(14)16/h6-9,13-14H,1-5,10,16H2. The van der Waals surface area contributed by atoms with E-state index >= 15 is 0 Å². The summed E-state index contributed by atoms with van der Waals surface area (Å²) >= 11 is 7.89. The van der Waals surface area contributed by atoms with Gasteiger partial charge in [-0.1, -0.05) is 43.0 Å². The summed E-state index contributed by atoms with van der Waals surface area (Å²) in [5.41, 5.74) is 7.57. The average molecular weight is 270 g/mol. The predicted molar refractivity (Wildman–Crippen MR) is 77.6 cm³/mol. The molecule has 1 aromatic carbocycles. The van der Waals surface area contributed by atoms with Crippen molar-refractivity contribution in [2.75, 3.05) is 0 Å². The second-order valence-electron chi connectivity index (χ2n) is 4.78. The number of rotatable bonds is 3. The van der Waals surface area contributed by atoms with Crippen LogP contribution in [-0.2, 0) is 5.75 Å². The topological polar surface area (TPSA) is 26.0 Å². The summed E-state index contributed by atoms with van der Waals surface area (Å²) in [5, 5.41) is 1.44. The molecular weight excluding hydrogens is 250 g/mol. The Hall–Kier alpha value is -0.180. The van der Waals surface area contributed by atoms with Crippen molar-refractivity contribution in [2.24, 2.45) is 5.73 Å². The zero-order valence-corrected chi connectivity index (χ0v) is 11.6. The monoisotopic (exact) mass is 269 g/mol. The minimum Gasteiger partial charge on any atom is -0.327 e. The van der Waals surface area contributed by atoms with E-state index in [1.165, 1.54) is 37.7 Å². The molecule has 2 atom stereocenters. The zero-order valence-electron chi connectivity index (χ0n) is 10.1. The van der Waals surface area contributed by atoms with Gasteiger partial charge >= 0.3 is 0 Å². The van der Waals surface area contributed by atoms with Crippen molar-refractivity contribution in [3.05, 3.63) is 34.9 Å². The largest absolute Gasteiger partial charge is 0.327 e. The van der Waals surface area contributed by atoms with Gasteiger partial charge in [-0.3, -0.25) is 0 Å². The molecule has 1 saturated carbocycles. The molecule has 0 bridgehead atoms. The van der Waals surface area contributed by atoms with Gasteiger partial charge in [0.15, 0.2) is 0 Å². The molecule has 0 saturated heterocycles. The van der Waals surface area contributed by atoms with E-state index in [2.05, 4.69) is 12.1 Å². The number of nitrogens with two attached hydrogens (primary N) is 1.